The minimum atomic E-state index is -4.78. The predicted octanol–water partition coefficient (Wildman–Crippen LogP) is 7.93. The highest BCUT2D eigenvalue weighted by molar-refractivity contribution is 8.14. The number of amidine groups is 1. The number of carbonyl (C=O) groups is 1. The van der Waals surface area contributed by atoms with Crippen LogP contribution in [0, 0.1) is 11.3 Å². The van der Waals surface area contributed by atoms with Gasteiger partial charge in [-0.15, -0.1) is 18.3 Å². The van der Waals surface area contributed by atoms with Crippen molar-refractivity contribution >= 4 is 34.2 Å². The topological polar surface area (TPSA) is 118 Å². The minimum Gasteiger partial charge on any atom is -0.497 e. The number of allylic oxidation sites excluding steroid dienone is 1. The molecule has 10 nitrogen and oxygen atoms in total. The highest BCUT2D eigenvalue weighted by Gasteiger charge is 2.31. The van der Waals surface area contributed by atoms with Gasteiger partial charge in [-0.2, -0.15) is 10.3 Å². The molecule has 2 amide bonds. The summed E-state index contributed by atoms with van der Waals surface area (Å²) in [5, 5.41) is 17.4. The number of nitrogens with zero attached hydrogens (tertiary/aromatic N) is 6. The van der Waals surface area contributed by atoms with Gasteiger partial charge in [0.25, 0.3) is 0 Å². The first-order chi connectivity index (χ1) is 23.0. The summed E-state index contributed by atoms with van der Waals surface area (Å²) in [4.78, 5) is 23.8. The third-order valence-electron chi connectivity index (χ3n) is 7.47. The monoisotopic (exact) mass is 675 g/mol. The molecule has 1 aromatic heterocycles. The molecule has 1 aliphatic rings. The van der Waals surface area contributed by atoms with Crippen LogP contribution in [-0.4, -0.2) is 51.2 Å². The van der Waals surface area contributed by atoms with Crippen molar-refractivity contribution in [1.29, 1.82) is 5.26 Å². The van der Waals surface area contributed by atoms with Crippen LogP contribution in [0.5, 0.6) is 11.5 Å². The molecule has 0 spiro atoms. The molecule has 0 radical (unpaired) electrons. The maximum absolute atomic E-state index is 13.0. The number of amides is 2. The largest absolute Gasteiger partial charge is 0.573 e. The Bertz CT molecular complexity index is 1860. The van der Waals surface area contributed by atoms with Gasteiger partial charge in [0.2, 0.25) is 0 Å². The normalized spacial score (nSPS) is 16.1. The van der Waals surface area contributed by atoms with E-state index >= 15 is 0 Å². The van der Waals surface area contributed by atoms with Crippen molar-refractivity contribution in [1.82, 2.24) is 20.1 Å². The van der Waals surface area contributed by atoms with E-state index in [1.165, 1.54) is 53.2 Å². The second-order valence-electron chi connectivity index (χ2n) is 11.1. The second-order valence-corrected chi connectivity index (χ2v) is 12.1. The molecule has 1 N–H and O–H groups in total. The molecule has 14 heteroatoms. The van der Waals surface area contributed by atoms with Crippen molar-refractivity contribution in [2.24, 2.45) is 4.99 Å². The Morgan fingerprint density at radius 3 is 2.48 bits per heavy atom. The SMILES string of the molecule is COc1ccc(N2/C(=N/C(=O)N/C=C(\C#N)c3ccc(-c4ncn(-c5ccc(OC(F)(F)F)cc5)n4)cc3)SCCC2C)c(C(C)C)c1. The van der Waals surface area contributed by atoms with Crippen LogP contribution in [0.1, 0.15) is 44.2 Å². The van der Waals surface area contributed by atoms with Crippen LogP contribution in [0.15, 0.2) is 84.2 Å². The van der Waals surface area contributed by atoms with Crippen LogP contribution >= 0.6 is 11.8 Å². The average Bonchev–Trinajstić information content (AvgIpc) is 3.55. The summed E-state index contributed by atoms with van der Waals surface area (Å²) >= 11 is 1.51. The summed E-state index contributed by atoms with van der Waals surface area (Å²) in [5.74, 6) is 1.82. The molecule has 5 rings (SSSR count). The van der Waals surface area contributed by atoms with Crippen LogP contribution in [-0.2, 0) is 0 Å². The predicted molar refractivity (Wildman–Crippen MR) is 179 cm³/mol. The van der Waals surface area contributed by atoms with Gasteiger partial charge in [0, 0.05) is 29.2 Å². The van der Waals surface area contributed by atoms with E-state index < -0.39 is 12.4 Å². The standard InChI is InChI=1S/C34H32F3N7O3S/c1-21(2)29-17-28(46-4)13-14-30(29)44-22(3)15-16-48-33(44)41-32(45)39-19-25(18-38)23-5-7-24(8-6-23)31-40-20-43(42-31)26-9-11-27(12-10-26)47-34(35,36)37/h5-14,17,19-22H,15-16H2,1-4H3,(H,39,45)/b25-19+,41-33-. The molecule has 1 saturated heterocycles. The number of alkyl halides is 3. The summed E-state index contributed by atoms with van der Waals surface area (Å²) in [6.07, 6.45) is -1.09. The smallest absolute Gasteiger partial charge is 0.497 e. The number of urea groups is 1. The Labute approximate surface area is 279 Å². The molecular weight excluding hydrogens is 643 g/mol. The van der Waals surface area contributed by atoms with Crippen LogP contribution in [0.3, 0.4) is 0 Å². The molecule has 1 unspecified atom stereocenters. The third-order valence-corrected chi connectivity index (χ3v) is 8.45. The van der Waals surface area contributed by atoms with E-state index in [2.05, 4.69) is 56.9 Å². The van der Waals surface area contributed by atoms with Crippen molar-refractivity contribution < 1.29 is 27.4 Å². The number of nitrogens with one attached hydrogen (secondary N) is 1. The van der Waals surface area contributed by atoms with Crippen molar-refractivity contribution in [3.8, 4) is 34.6 Å². The Morgan fingerprint density at radius 2 is 1.83 bits per heavy atom. The van der Waals surface area contributed by atoms with Crippen LogP contribution in [0.25, 0.3) is 22.6 Å². The quantitative estimate of drug-likeness (QED) is 0.187. The molecule has 3 aromatic carbocycles. The number of nitriles is 1. The van der Waals surface area contributed by atoms with Crippen molar-refractivity contribution in [2.45, 2.75) is 45.5 Å². The van der Waals surface area contributed by atoms with E-state index in [9.17, 15) is 23.2 Å². The molecule has 4 aromatic rings. The fourth-order valence-corrected chi connectivity index (χ4v) is 6.23. The number of benzene rings is 3. The molecule has 1 atom stereocenters. The van der Waals surface area contributed by atoms with Crippen LogP contribution in [0.2, 0.25) is 0 Å². The Hall–Kier alpha value is -5.29. The number of hydrogen-bond acceptors (Lipinski definition) is 7. The molecule has 1 fully saturated rings. The highest BCUT2D eigenvalue weighted by Crippen LogP contribution is 2.37. The molecule has 48 heavy (non-hydrogen) atoms. The number of aliphatic imine (C=N–C) groups is 1. The number of carbonyl (C=O) groups excluding carboxylic acids is 1. The van der Waals surface area contributed by atoms with E-state index in [1.54, 1.807) is 31.4 Å². The second kappa shape index (κ2) is 14.6. The number of rotatable bonds is 8. The lowest BCUT2D eigenvalue weighted by molar-refractivity contribution is -0.274. The number of methoxy groups -OCH3 is 1. The zero-order chi connectivity index (χ0) is 34.4. The summed E-state index contributed by atoms with van der Waals surface area (Å²) < 4.78 is 48.1. The van der Waals surface area contributed by atoms with Crippen LogP contribution < -0.4 is 19.7 Å². The van der Waals surface area contributed by atoms with Gasteiger partial charge in [-0.3, -0.25) is 0 Å². The van der Waals surface area contributed by atoms with Gasteiger partial charge in [0.05, 0.1) is 18.4 Å². The maximum atomic E-state index is 13.0. The van der Waals surface area contributed by atoms with Gasteiger partial charge in [0.15, 0.2) is 11.0 Å². The fourth-order valence-electron chi connectivity index (χ4n) is 5.03. The number of anilines is 1. The van der Waals surface area contributed by atoms with Gasteiger partial charge < -0.3 is 19.7 Å². The van der Waals surface area contributed by atoms with Crippen molar-refractivity contribution in [3.05, 3.63) is 90.4 Å². The molecule has 248 valence electrons. The van der Waals surface area contributed by atoms with Gasteiger partial charge in [-0.25, -0.2) is 14.5 Å². The number of halogens is 3. The van der Waals surface area contributed by atoms with E-state index in [4.69, 9.17) is 4.74 Å². The summed E-state index contributed by atoms with van der Waals surface area (Å²) in [6.45, 7) is 6.32. The average molecular weight is 676 g/mol. The Morgan fingerprint density at radius 1 is 1.12 bits per heavy atom. The summed E-state index contributed by atoms with van der Waals surface area (Å²) in [6, 6.07) is 19.6. The maximum Gasteiger partial charge on any atom is 0.573 e. The highest BCUT2D eigenvalue weighted by atomic mass is 32.2. The first kappa shape index (κ1) is 34.1. The van der Waals surface area contributed by atoms with Crippen molar-refractivity contribution in [3.63, 3.8) is 0 Å². The van der Waals surface area contributed by atoms with E-state index in [1.807, 2.05) is 18.2 Å². The zero-order valence-electron chi connectivity index (χ0n) is 26.5. The molecule has 1 aliphatic heterocycles. The Kier molecular flexibility index (Phi) is 10.4. The fraction of sp³-hybridized carbons (Fsp3) is 0.265. The summed E-state index contributed by atoms with van der Waals surface area (Å²) in [7, 11) is 1.63. The van der Waals surface area contributed by atoms with E-state index in [0.29, 0.717) is 27.8 Å². The lowest BCUT2D eigenvalue weighted by atomic mass is 9.99. The number of thioether (sulfide) groups is 1. The van der Waals surface area contributed by atoms with Gasteiger partial charge in [-0.05, 0) is 72.9 Å². The number of ether oxygens (including phenoxy) is 2. The molecule has 0 saturated carbocycles. The molecule has 0 aliphatic carbocycles. The van der Waals surface area contributed by atoms with Gasteiger partial charge in [-0.1, -0.05) is 49.9 Å². The Balaban J connectivity index is 1.29. The molecule has 2 heterocycles. The third kappa shape index (κ3) is 8.16. The number of aromatic nitrogens is 3. The number of hydrogen-bond donors (Lipinski definition) is 1. The minimum absolute atomic E-state index is 0.117. The lowest BCUT2D eigenvalue weighted by Gasteiger charge is -2.37. The first-order valence-corrected chi connectivity index (χ1v) is 15.9. The molecule has 0 bridgehead atoms. The molecular formula is C34H32F3N7O3S. The van der Waals surface area contributed by atoms with Crippen molar-refractivity contribution in [2.75, 3.05) is 17.8 Å². The van der Waals surface area contributed by atoms with E-state index in [-0.39, 0.29) is 23.3 Å². The van der Waals surface area contributed by atoms with E-state index in [0.717, 1.165) is 29.2 Å². The lowest BCUT2D eigenvalue weighted by Crippen LogP contribution is -2.42. The summed E-state index contributed by atoms with van der Waals surface area (Å²) in [5.41, 5.74) is 3.96. The van der Waals surface area contributed by atoms with Gasteiger partial charge >= 0.3 is 12.4 Å². The zero-order valence-corrected chi connectivity index (χ0v) is 27.3. The first-order valence-electron chi connectivity index (χ1n) is 14.9. The van der Waals surface area contributed by atoms with Crippen LogP contribution in [0.4, 0.5) is 23.7 Å². The van der Waals surface area contributed by atoms with Gasteiger partial charge in [0.1, 0.15) is 23.9 Å².